The van der Waals surface area contributed by atoms with Crippen LogP contribution in [0.25, 0.3) is 0 Å². The first-order chi connectivity index (χ1) is 21.4. The average Bonchev–Trinajstić information content (AvgIpc) is 2.88. The van der Waals surface area contributed by atoms with Crippen LogP contribution in [-0.4, -0.2) is 102 Å². The summed E-state index contributed by atoms with van der Waals surface area (Å²) in [6, 6.07) is 0. The Morgan fingerprint density at radius 2 is 0.471 bits per heavy atom. The predicted molar refractivity (Wildman–Crippen MR) is 93.2 cm³/mol. The Bertz CT molecular complexity index is 1200. The summed E-state index contributed by atoms with van der Waals surface area (Å²) in [5, 5.41) is 0. The van der Waals surface area contributed by atoms with Gasteiger partial charge in [0.05, 0.1) is 0 Å². The van der Waals surface area contributed by atoms with Crippen molar-refractivity contribution in [2.24, 2.45) is 0 Å². The molecule has 0 amide bonds. The van der Waals surface area contributed by atoms with Crippen LogP contribution in [0.2, 0.25) is 0 Å². The summed E-state index contributed by atoms with van der Waals surface area (Å²) in [6.07, 6.45) is -16.1. The van der Waals surface area contributed by atoms with E-state index in [9.17, 15) is 136 Å². The summed E-state index contributed by atoms with van der Waals surface area (Å²) in [6.45, 7) is -8.87. The third-order valence-corrected chi connectivity index (χ3v) is 6.51. The van der Waals surface area contributed by atoms with Crippen molar-refractivity contribution in [3.8, 4) is 0 Å². The number of hydrogen-bond donors (Lipinski definition) is 1. The van der Waals surface area contributed by atoms with Gasteiger partial charge in [-0.15, -0.1) is 0 Å². The molecule has 0 saturated carbocycles. The monoisotopic (exact) mass is 862 g/mol. The maximum absolute atomic E-state index is 13.6. The molecule has 308 valence electrons. The van der Waals surface area contributed by atoms with Gasteiger partial charge in [0.2, 0.25) is 0 Å². The highest BCUT2D eigenvalue weighted by molar-refractivity contribution is 7.47. The van der Waals surface area contributed by atoms with Gasteiger partial charge >= 0.3 is 91.2 Å². The topological polar surface area (TPSA) is 55.8 Å². The zero-order chi connectivity index (χ0) is 42.3. The molecule has 0 rings (SSSR count). The first-order valence-corrected chi connectivity index (χ1v) is 12.2. The Hall–Kier alpha value is -1.99. The molecule has 0 spiro atoms. The Morgan fingerprint density at radius 1 is 0.314 bits per heavy atom. The van der Waals surface area contributed by atoms with E-state index in [0.29, 0.717) is 0 Å². The second-order valence-electron chi connectivity index (χ2n) is 9.16. The van der Waals surface area contributed by atoms with Crippen molar-refractivity contribution in [3.05, 3.63) is 0 Å². The van der Waals surface area contributed by atoms with Gasteiger partial charge in [-0.3, -0.25) is 9.05 Å². The fourth-order valence-corrected chi connectivity index (χ4v) is 3.27. The maximum atomic E-state index is 13.6. The molecule has 0 heterocycles. The lowest BCUT2D eigenvalue weighted by molar-refractivity contribution is -0.453. The molecule has 0 fully saturated rings. The summed E-state index contributed by atoms with van der Waals surface area (Å²) in [5.41, 5.74) is 0. The van der Waals surface area contributed by atoms with Gasteiger partial charge in [0.25, 0.3) is 0 Å². The summed E-state index contributed by atoms with van der Waals surface area (Å²) in [7, 11) is -7.70. The van der Waals surface area contributed by atoms with Crippen molar-refractivity contribution in [1.29, 1.82) is 0 Å². The predicted octanol–water partition coefficient (Wildman–Crippen LogP) is 9.87. The minimum atomic E-state index is -8.97. The van der Waals surface area contributed by atoms with Gasteiger partial charge < -0.3 is 4.89 Å². The van der Waals surface area contributed by atoms with Gasteiger partial charge in [0, 0.05) is 0 Å². The molecule has 0 aromatic rings. The van der Waals surface area contributed by atoms with E-state index in [2.05, 4.69) is 9.05 Å². The molecule has 0 aliphatic rings. The molecule has 0 aliphatic heterocycles. The lowest BCUT2D eigenvalue weighted by Crippen LogP contribution is -2.73. The van der Waals surface area contributed by atoms with Crippen LogP contribution >= 0.6 is 7.82 Å². The molecule has 35 heteroatoms. The summed E-state index contributed by atoms with van der Waals surface area (Å²) >= 11 is 0. The number of rotatable bonds is 16. The summed E-state index contributed by atoms with van der Waals surface area (Å²) < 4.78 is 408. The van der Waals surface area contributed by atoms with E-state index in [0.717, 1.165) is 0 Å². The van der Waals surface area contributed by atoms with Crippen molar-refractivity contribution in [2.75, 3.05) is 13.2 Å². The molecule has 0 aliphatic carbocycles. The standard InChI is InChI=1S/C16H5F30O4P/c17-3(18,5(21,22)7(25,26)9(29,30)11(33,34)13(37,38)15(41,42)43)1-49-51(47,48)50-2-4(19,20)6(23,24)8(27,28)10(31,32)12(35,36)14(39,40)16(44,45)46/h1-2H2,(H,47,48). The molecule has 0 saturated heterocycles. The van der Waals surface area contributed by atoms with Crippen LogP contribution in [0, 0.1) is 0 Å². The van der Waals surface area contributed by atoms with Crippen molar-refractivity contribution in [1.82, 2.24) is 0 Å². The van der Waals surface area contributed by atoms with Crippen molar-refractivity contribution < 1.29 is 150 Å². The lowest BCUT2D eigenvalue weighted by atomic mass is 9.91. The molecule has 0 aromatic carbocycles. The summed E-state index contributed by atoms with van der Waals surface area (Å²) in [4.78, 5) is 8.74. The fraction of sp³-hybridized carbons (Fsp3) is 1.00. The Kier molecular flexibility index (Phi) is 12.0. The minimum Gasteiger partial charge on any atom is -0.302 e. The van der Waals surface area contributed by atoms with Gasteiger partial charge in [0.1, 0.15) is 13.2 Å². The van der Waals surface area contributed by atoms with E-state index >= 15 is 0 Å². The molecule has 0 unspecified atom stereocenters. The molecule has 0 bridgehead atoms. The number of alkyl halides is 30. The molecular formula is C16H5F30O4P. The van der Waals surface area contributed by atoms with Crippen LogP contribution in [0.4, 0.5) is 132 Å². The highest BCUT2D eigenvalue weighted by Crippen LogP contribution is 2.65. The zero-order valence-electron chi connectivity index (χ0n) is 21.9. The fourth-order valence-electron chi connectivity index (χ4n) is 2.54. The Labute approximate surface area is 256 Å². The molecule has 51 heavy (non-hydrogen) atoms. The largest absolute Gasteiger partial charge is 0.472 e. The van der Waals surface area contributed by atoms with Crippen LogP contribution in [0.3, 0.4) is 0 Å². The Morgan fingerprint density at radius 3 is 0.647 bits per heavy atom. The number of hydrogen-bond acceptors (Lipinski definition) is 3. The normalized spacial score (nSPS) is 16.9. The van der Waals surface area contributed by atoms with Gasteiger partial charge in [-0.25, -0.2) is 4.57 Å². The van der Waals surface area contributed by atoms with E-state index in [1.807, 2.05) is 0 Å². The molecular weight excluding hydrogens is 857 g/mol. The van der Waals surface area contributed by atoms with E-state index in [4.69, 9.17) is 4.89 Å². The molecule has 0 radical (unpaired) electrons. The summed E-state index contributed by atoms with van der Waals surface area (Å²) in [5.74, 6) is -103. The smallest absolute Gasteiger partial charge is 0.302 e. The van der Waals surface area contributed by atoms with Gasteiger partial charge in [0.15, 0.2) is 0 Å². The average molecular weight is 862 g/mol. The van der Waals surface area contributed by atoms with Crippen LogP contribution in [-0.2, 0) is 13.6 Å². The van der Waals surface area contributed by atoms with Crippen LogP contribution in [0.1, 0.15) is 0 Å². The van der Waals surface area contributed by atoms with E-state index in [-0.39, 0.29) is 0 Å². The molecule has 0 atom stereocenters. The third-order valence-electron chi connectivity index (χ3n) is 5.60. The first kappa shape index (κ1) is 49.0. The number of halogens is 30. The lowest BCUT2D eigenvalue weighted by Gasteiger charge is -2.41. The number of phosphoric acid groups is 1. The number of phosphoric ester groups is 1. The van der Waals surface area contributed by atoms with Crippen molar-refractivity contribution in [2.45, 2.75) is 83.4 Å². The molecule has 4 nitrogen and oxygen atoms in total. The van der Waals surface area contributed by atoms with E-state index in [1.165, 1.54) is 0 Å². The Balaban J connectivity index is 6.46. The third kappa shape index (κ3) is 7.06. The highest BCUT2D eigenvalue weighted by atomic mass is 31.2. The van der Waals surface area contributed by atoms with Crippen molar-refractivity contribution in [3.63, 3.8) is 0 Å². The van der Waals surface area contributed by atoms with Gasteiger partial charge in [-0.2, -0.15) is 132 Å². The zero-order valence-corrected chi connectivity index (χ0v) is 22.8. The van der Waals surface area contributed by atoms with Gasteiger partial charge in [-0.1, -0.05) is 0 Å². The first-order valence-electron chi connectivity index (χ1n) is 10.7. The highest BCUT2D eigenvalue weighted by Gasteiger charge is 2.95. The van der Waals surface area contributed by atoms with Crippen LogP contribution in [0.15, 0.2) is 0 Å². The van der Waals surface area contributed by atoms with Crippen molar-refractivity contribution >= 4 is 7.82 Å². The van der Waals surface area contributed by atoms with Gasteiger partial charge in [-0.05, 0) is 0 Å². The molecule has 0 aromatic heterocycles. The molecule has 1 N–H and O–H groups in total. The van der Waals surface area contributed by atoms with Crippen LogP contribution < -0.4 is 0 Å². The van der Waals surface area contributed by atoms with Crippen LogP contribution in [0.5, 0.6) is 0 Å². The van der Waals surface area contributed by atoms with E-state index < -0.39 is 104 Å². The quantitative estimate of drug-likeness (QED) is 0.124. The second-order valence-corrected chi connectivity index (χ2v) is 10.6. The minimum absolute atomic E-state index is 2.40. The maximum Gasteiger partial charge on any atom is 0.472 e. The SMILES string of the molecule is O=P(O)(OCC(F)(F)C(F)(F)C(F)(F)C(F)(F)C(F)(F)C(F)(F)C(F)(F)F)OCC(F)(F)C(F)(F)C(F)(F)C(F)(F)C(F)(F)C(F)(F)C(F)(F)F. The van der Waals surface area contributed by atoms with E-state index in [1.54, 1.807) is 0 Å². The second kappa shape index (κ2) is 12.5.